The molecular weight excluding hydrogens is 726 g/mol. The number of aliphatic hydroxyl groups is 2. The molecule has 3 rings (SSSR count). The molecule has 0 radical (unpaired) electrons. The van der Waals surface area contributed by atoms with E-state index in [1.165, 1.54) is 52.0 Å². The minimum atomic E-state index is -1.92. The lowest BCUT2D eigenvalue weighted by molar-refractivity contribution is -0.186. The zero-order valence-corrected chi connectivity index (χ0v) is 34.0. The second kappa shape index (κ2) is 18.4. The Kier molecular flexibility index (Phi) is 15.3. The molecule has 2 unspecified atom stereocenters. The highest BCUT2D eigenvalue weighted by Crippen LogP contribution is 2.40. The van der Waals surface area contributed by atoms with Gasteiger partial charge in [0.25, 0.3) is 0 Å². The Morgan fingerprint density at radius 3 is 2.47 bits per heavy atom. The molecule has 1 fully saturated rings. The molecule has 296 valence electrons. The van der Waals surface area contributed by atoms with Gasteiger partial charge in [-0.3, -0.25) is 14.9 Å². The van der Waals surface area contributed by atoms with Crippen LogP contribution in [0.4, 0.5) is 10.5 Å². The largest absolute Gasteiger partial charge is 0.495 e. The Balaban J connectivity index is 2.15. The molecule has 1 aromatic rings. The second-order valence-corrected chi connectivity index (χ2v) is 15.8. The van der Waals surface area contributed by atoms with Crippen LogP contribution >= 0.6 is 24.2 Å². The highest BCUT2D eigenvalue weighted by atomic mass is 35.5. The number of carbonyl (C=O) groups is 4. The molecule has 2 aliphatic rings. The molecule has 0 aromatic heterocycles. The molecule has 0 aliphatic carbocycles. The van der Waals surface area contributed by atoms with Crippen LogP contribution in [0.5, 0.6) is 5.75 Å². The monoisotopic (exact) mass is 781 g/mol. The van der Waals surface area contributed by atoms with Crippen LogP contribution in [-0.2, 0) is 35.0 Å². The summed E-state index contributed by atoms with van der Waals surface area (Å²) < 4.78 is 22.8. The number of amides is 3. The van der Waals surface area contributed by atoms with Gasteiger partial charge in [-0.05, 0) is 68.4 Å². The summed E-state index contributed by atoms with van der Waals surface area (Å²) in [7, 11) is 5.89. The number of anilines is 1. The fourth-order valence-corrected chi connectivity index (χ4v) is 7.00. The molecule has 0 saturated carbocycles. The number of allylic oxidation sites excluding steroid dienone is 3. The Hall–Kier alpha value is -3.30. The summed E-state index contributed by atoms with van der Waals surface area (Å²) in [6, 6.07) is 2.46. The number of carbonyl (C=O) groups excluding carboxylic acids is 4. The van der Waals surface area contributed by atoms with Gasteiger partial charge in [-0.1, -0.05) is 56.2 Å². The average Bonchev–Trinajstić information content (AvgIpc) is 3.09. The topological polar surface area (TPSA) is 164 Å². The van der Waals surface area contributed by atoms with E-state index < -0.39 is 71.9 Å². The van der Waals surface area contributed by atoms with Gasteiger partial charge in [-0.25, -0.2) is 9.59 Å². The number of methoxy groups -OCH3 is 2. The molecule has 15 heteroatoms. The third-order valence-electron chi connectivity index (χ3n) is 10.7. The van der Waals surface area contributed by atoms with E-state index in [1.54, 1.807) is 38.1 Å². The van der Waals surface area contributed by atoms with Crippen LogP contribution < -0.4 is 15.0 Å². The lowest BCUT2D eigenvalue weighted by Crippen LogP contribution is -2.64. The Labute approximate surface area is 323 Å². The van der Waals surface area contributed by atoms with Gasteiger partial charge in [0.15, 0.2) is 5.72 Å². The zero-order valence-electron chi connectivity index (χ0n) is 32.3. The molecule has 53 heavy (non-hydrogen) atoms. The van der Waals surface area contributed by atoms with Crippen molar-refractivity contribution in [2.75, 3.05) is 33.2 Å². The summed E-state index contributed by atoms with van der Waals surface area (Å²) in [5, 5.41) is 26.7. The molecule has 4 bridgehead atoms. The van der Waals surface area contributed by atoms with Gasteiger partial charge in [0, 0.05) is 34.0 Å². The quantitative estimate of drug-likeness (QED) is 0.212. The number of halogens is 1. The third kappa shape index (κ3) is 10.7. The van der Waals surface area contributed by atoms with Crippen molar-refractivity contribution in [2.24, 2.45) is 11.8 Å². The van der Waals surface area contributed by atoms with E-state index in [0.717, 1.165) is 11.1 Å². The first-order valence-electron chi connectivity index (χ1n) is 17.7. The molecule has 3 N–H and O–H groups in total. The molecule has 3 amide bonds. The number of likely N-dealkylation sites (N-methyl/N-ethyl adjacent to an activating group) is 1. The van der Waals surface area contributed by atoms with E-state index in [1.807, 2.05) is 19.9 Å². The first-order valence-corrected chi connectivity index (χ1v) is 18.6. The van der Waals surface area contributed by atoms with Crippen LogP contribution in [-0.4, -0.2) is 108 Å². The van der Waals surface area contributed by atoms with Crippen LogP contribution in [0.2, 0.25) is 5.02 Å². The minimum Gasteiger partial charge on any atom is -0.495 e. The first kappa shape index (κ1) is 44.1. The van der Waals surface area contributed by atoms with Crippen molar-refractivity contribution < 1.29 is 48.3 Å². The summed E-state index contributed by atoms with van der Waals surface area (Å²) in [5.41, 5.74) is -1.78. The third-order valence-corrected chi connectivity index (χ3v) is 11.3. The van der Waals surface area contributed by atoms with Crippen LogP contribution in [0.15, 0.2) is 35.9 Å². The van der Waals surface area contributed by atoms with E-state index in [2.05, 4.69) is 17.9 Å². The average molecular weight is 782 g/mol. The van der Waals surface area contributed by atoms with Gasteiger partial charge in [-0.2, -0.15) is 12.6 Å². The summed E-state index contributed by atoms with van der Waals surface area (Å²) >= 11 is 11.1. The van der Waals surface area contributed by atoms with Crippen LogP contribution in [0, 0.1) is 11.8 Å². The lowest BCUT2D eigenvalue weighted by atomic mass is 9.73. The number of alkyl carbamates (subject to hydrolysis) is 1. The van der Waals surface area contributed by atoms with Gasteiger partial charge in [-0.15, -0.1) is 0 Å². The molecule has 13 nitrogen and oxygen atoms in total. The predicted molar refractivity (Wildman–Crippen MR) is 205 cm³/mol. The number of rotatable bonds is 8. The molecule has 1 aromatic carbocycles. The summed E-state index contributed by atoms with van der Waals surface area (Å²) in [6.45, 7) is 10.1. The van der Waals surface area contributed by atoms with Crippen molar-refractivity contribution >= 4 is 53.8 Å². The van der Waals surface area contributed by atoms with Crippen LogP contribution in [0.1, 0.15) is 72.8 Å². The van der Waals surface area contributed by atoms with E-state index in [4.69, 9.17) is 30.5 Å². The number of nitrogens with one attached hydrogen (secondary N) is 1. The summed E-state index contributed by atoms with van der Waals surface area (Å²) in [6.07, 6.45) is 1.45. The molecule has 9 atom stereocenters. The molecule has 0 spiro atoms. The predicted octanol–water partition coefficient (Wildman–Crippen LogP) is 4.84. The van der Waals surface area contributed by atoms with Gasteiger partial charge in [0.05, 0.1) is 19.2 Å². The number of hydrogen-bond donors (Lipinski definition) is 4. The van der Waals surface area contributed by atoms with Crippen molar-refractivity contribution in [1.82, 2.24) is 10.2 Å². The number of esters is 1. The number of nitrogens with zero attached hydrogens (tertiary/aromatic N) is 2. The Morgan fingerprint density at radius 1 is 1.21 bits per heavy atom. The van der Waals surface area contributed by atoms with E-state index in [0.29, 0.717) is 24.3 Å². The van der Waals surface area contributed by atoms with Crippen molar-refractivity contribution in [3.63, 3.8) is 0 Å². The Morgan fingerprint density at radius 2 is 1.87 bits per heavy atom. The number of benzene rings is 1. The van der Waals surface area contributed by atoms with Gasteiger partial charge in [0.2, 0.25) is 11.8 Å². The maximum absolute atomic E-state index is 14.1. The summed E-state index contributed by atoms with van der Waals surface area (Å²) in [4.78, 5) is 56.2. The maximum atomic E-state index is 14.1. The van der Waals surface area contributed by atoms with Crippen molar-refractivity contribution in [3.05, 3.63) is 46.5 Å². The molecule has 1 saturated heterocycles. The number of ether oxygens (including phenoxy) is 4. The van der Waals surface area contributed by atoms with Crippen molar-refractivity contribution in [2.45, 2.75) is 115 Å². The van der Waals surface area contributed by atoms with Crippen molar-refractivity contribution in [1.29, 1.82) is 0 Å². The first-order chi connectivity index (χ1) is 24.7. The van der Waals surface area contributed by atoms with Gasteiger partial charge in [0.1, 0.15) is 40.7 Å². The van der Waals surface area contributed by atoms with Crippen molar-refractivity contribution in [3.8, 4) is 5.75 Å². The van der Waals surface area contributed by atoms with E-state index in [-0.39, 0.29) is 29.0 Å². The van der Waals surface area contributed by atoms with Gasteiger partial charge >= 0.3 is 12.1 Å². The zero-order chi connectivity index (χ0) is 40.0. The normalized spacial score (nSPS) is 31.2. The molecule has 2 heterocycles. The summed E-state index contributed by atoms with van der Waals surface area (Å²) in [5.74, 6) is -2.78. The molecule has 2 aliphatic heterocycles. The fourth-order valence-electron chi connectivity index (χ4n) is 6.56. The number of thiol groups is 1. The SMILES string of the molecule is COc1cc2cc(c1Cl)N(C)C(=O)C[C@H](OC(=O)[C@H](C)N(C)C(=O)CCC(C)S)[C@](C)(O)[C@@H](C)[C@H](C)C1C[C@@](O)(NC(=O)O1)[C@H](OC)/C=C/C=C(\C)C2. The van der Waals surface area contributed by atoms with Gasteiger partial charge < -0.3 is 39.0 Å². The van der Waals surface area contributed by atoms with Crippen LogP contribution in [0.25, 0.3) is 0 Å². The highest BCUT2D eigenvalue weighted by Gasteiger charge is 2.51. The fraction of sp³-hybridized carbons (Fsp3) is 0.632. The highest BCUT2D eigenvalue weighted by molar-refractivity contribution is 7.80. The maximum Gasteiger partial charge on any atom is 0.409 e. The smallest absolute Gasteiger partial charge is 0.409 e. The molecular formula is C38H56ClN3O10S. The van der Waals surface area contributed by atoms with Crippen LogP contribution in [0.3, 0.4) is 0 Å². The minimum absolute atomic E-state index is 0.0189. The Bertz CT molecular complexity index is 1570. The number of fused-ring (bicyclic) bond motifs is 4. The standard InChI is InChI=1S/C38H56ClN3O10S/c1-21-12-11-13-30(50-10)38(48)20-29(51-36(46)40-38)23(3)24(4)37(6,47)31(52-35(45)25(5)41(7)32(43)15-14-22(2)53)19-33(44)42(8)27-17-26(16-21)18-28(49-9)34(27)39/h11-13,17-18,22-25,29-31,47-48,53H,14-16,19-20H2,1-10H3,(H,40,46)/b13-11+,21-12+/t22?,23-,24-,25-,29?,30+,31-,37+,38-/m0/s1. The van der Waals surface area contributed by atoms with E-state index in [9.17, 15) is 29.4 Å². The number of hydrogen-bond acceptors (Lipinski definition) is 11. The lowest BCUT2D eigenvalue weighted by Gasteiger charge is -2.46. The van der Waals surface area contributed by atoms with E-state index >= 15 is 0 Å². The second-order valence-electron chi connectivity index (χ2n) is 14.6.